The molecule has 90 valence electrons. The summed E-state index contributed by atoms with van der Waals surface area (Å²) in [6.45, 7) is 2.64. The molecule has 0 aromatic rings. The van der Waals surface area contributed by atoms with Crippen LogP contribution in [0, 0.1) is 5.41 Å². The number of carbonyl (C=O) groups excluding carboxylic acids is 2. The first kappa shape index (κ1) is 11.4. The number of carbonyl (C=O) groups is 2. The van der Waals surface area contributed by atoms with Gasteiger partial charge < -0.3 is 10.6 Å². The van der Waals surface area contributed by atoms with Gasteiger partial charge >= 0.3 is 0 Å². The summed E-state index contributed by atoms with van der Waals surface area (Å²) in [5.74, 6) is 0.267. The van der Waals surface area contributed by atoms with Gasteiger partial charge in [-0.3, -0.25) is 9.59 Å². The molecular weight excluding hydrogens is 204 g/mol. The third-order valence-corrected chi connectivity index (χ3v) is 3.86. The molecule has 2 rings (SSSR count). The normalized spacial score (nSPS) is 28.6. The van der Waals surface area contributed by atoms with Gasteiger partial charge in [0.25, 0.3) is 0 Å². The van der Waals surface area contributed by atoms with Crippen molar-refractivity contribution in [3.05, 3.63) is 0 Å². The van der Waals surface area contributed by atoms with E-state index >= 15 is 0 Å². The van der Waals surface area contributed by atoms with Crippen molar-refractivity contribution in [3.63, 3.8) is 0 Å². The second-order valence-electron chi connectivity index (χ2n) is 5.28. The standard InChI is InChI=1S/C12H20N2O2/c1-12(6-2-3-7-12)11(16)14-9-4-5-10(15)13-8-9/h9H,2-8H2,1H3,(H,13,15)(H,14,16). The zero-order valence-corrected chi connectivity index (χ0v) is 9.84. The molecule has 0 spiro atoms. The fraction of sp³-hybridized carbons (Fsp3) is 0.833. The zero-order valence-electron chi connectivity index (χ0n) is 9.84. The molecule has 1 atom stereocenters. The van der Waals surface area contributed by atoms with E-state index in [1.165, 1.54) is 0 Å². The van der Waals surface area contributed by atoms with E-state index in [0.29, 0.717) is 13.0 Å². The number of nitrogens with one attached hydrogen (secondary N) is 2. The van der Waals surface area contributed by atoms with Gasteiger partial charge in [-0.15, -0.1) is 0 Å². The van der Waals surface area contributed by atoms with E-state index < -0.39 is 0 Å². The number of piperidine rings is 1. The number of amides is 2. The van der Waals surface area contributed by atoms with Crippen LogP contribution >= 0.6 is 0 Å². The summed E-state index contributed by atoms with van der Waals surface area (Å²) in [6, 6.07) is 0.127. The second kappa shape index (κ2) is 4.44. The molecule has 4 heteroatoms. The lowest BCUT2D eigenvalue weighted by Gasteiger charge is -2.29. The molecule has 1 saturated carbocycles. The van der Waals surface area contributed by atoms with Crippen molar-refractivity contribution < 1.29 is 9.59 Å². The molecule has 0 bridgehead atoms. The summed E-state index contributed by atoms with van der Waals surface area (Å²) < 4.78 is 0. The Morgan fingerprint density at radius 2 is 2.12 bits per heavy atom. The molecule has 2 aliphatic rings. The molecule has 2 fully saturated rings. The number of hydrogen-bond acceptors (Lipinski definition) is 2. The van der Waals surface area contributed by atoms with Crippen LogP contribution < -0.4 is 10.6 Å². The lowest BCUT2D eigenvalue weighted by molar-refractivity contribution is -0.132. The maximum absolute atomic E-state index is 12.1. The molecular formula is C12H20N2O2. The van der Waals surface area contributed by atoms with Gasteiger partial charge in [-0.05, 0) is 19.3 Å². The molecule has 1 aliphatic carbocycles. The first-order chi connectivity index (χ1) is 7.60. The fourth-order valence-corrected chi connectivity index (χ4v) is 2.60. The van der Waals surface area contributed by atoms with E-state index in [1.807, 2.05) is 0 Å². The van der Waals surface area contributed by atoms with Crippen LogP contribution in [-0.4, -0.2) is 24.4 Å². The van der Waals surface area contributed by atoms with Crippen LogP contribution in [0.15, 0.2) is 0 Å². The second-order valence-corrected chi connectivity index (χ2v) is 5.28. The highest BCUT2D eigenvalue weighted by Crippen LogP contribution is 2.37. The highest BCUT2D eigenvalue weighted by atomic mass is 16.2. The number of rotatable bonds is 2. The molecule has 1 unspecified atom stereocenters. The highest BCUT2D eigenvalue weighted by Gasteiger charge is 2.37. The third kappa shape index (κ3) is 2.36. The van der Waals surface area contributed by atoms with Crippen LogP contribution in [0.4, 0.5) is 0 Å². The molecule has 0 aromatic heterocycles. The van der Waals surface area contributed by atoms with Gasteiger partial charge in [0.15, 0.2) is 0 Å². The Morgan fingerprint density at radius 3 is 2.69 bits per heavy atom. The lowest BCUT2D eigenvalue weighted by Crippen LogP contribution is -2.51. The fourth-order valence-electron chi connectivity index (χ4n) is 2.60. The van der Waals surface area contributed by atoms with Crippen molar-refractivity contribution in [3.8, 4) is 0 Å². The van der Waals surface area contributed by atoms with E-state index in [-0.39, 0.29) is 23.3 Å². The Morgan fingerprint density at radius 1 is 1.44 bits per heavy atom. The van der Waals surface area contributed by atoms with Crippen molar-refractivity contribution in [1.29, 1.82) is 0 Å². The van der Waals surface area contributed by atoms with Crippen LogP contribution in [-0.2, 0) is 9.59 Å². The van der Waals surface area contributed by atoms with Crippen LogP contribution in [0.2, 0.25) is 0 Å². The Labute approximate surface area is 96.2 Å². The van der Waals surface area contributed by atoms with Crippen LogP contribution in [0.3, 0.4) is 0 Å². The Kier molecular flexibility index (Phi) is 3.17. The average molecular weight is 224 g/mol. The summed E-state index contributed by atoms with van der Waals surface area (Å²) in [7, 11) is 0. The predicted octanol–water partition coefficient (Wildman–Crippen LogP) is 0.961. The lowest BCUT2D eigenvalue weighted by atomic mass is 9.87. The molecule has 0 aromatic carbocycles. The molecule has 2 amide bonds. The van der Waals surface area contributed by atoms with Crippen LogP contribution in [0.5, 0.6) is 0 Å². The minimum absolute atomic E-state index is 0.0950. The predicted molar refractivity (Wildman–Crippen MR) is 60.7 cm³/mol. The maximum Gasteiger partial charge on any atom is 0.226 e. The van der Waals surface area contributed by atoms with Gasteiger partial charge in [-0.25, -0.2) is 0 Å². The monoisotopic (exact) mass is 224 g/mol. The first-order valence-corrected chi connectivity index (χ1v) is 6.18. The summed E-state index contributed by atoms with van der Waals surface area (Å²) in [5.41, 5.74) is -0.165. The minimum Gasteiger partial charge on any atom is -0.354 e. The van der Waals surface area contributed by atoms with Crippen molar-refractivity contribution in [2.75, 3.05) is 6.54 Å². The molecule has 0 radical (unpaired) electrons. The van der Waals surface area contributed by atoms with E-state index in [2.05, 4.69) is 17.6 Å². The molecule has 1 heterocycles. The molecule has 1 aliphatic heterocycles. The Bertz CT molecular complexity index is 285. The first-order valence-electron chi connectivity index (χ1n) is 6.18. The summed E-state index contributed by atoms with van der Waals surface area (Å²) >= 11 is 0. The van der Waals surface area contributed by atoms with E-state index in [9.17, 15) is 9.59 Å². The SMILES string of the molecule is CC1(C(=O)NC2CCC(=O)NC2)CCCC1. The van der Waals surface area contributed by atoms with Crippen molar-refractivity contribution in [2.45, 2.75) is 51.5 Å². The van der Waals surface area contributed by atoms with Gasteiger partial charge in [0.1, 0.15) is 0 Å². The van der Waals surface area contributed by atoms with E-state index in [1.54, 1.807) is 0 Å². The molecule has 4 nitrogen and oxygen atoms in total. The minimum atomic E-state index is -0.165. The summed E-state index contributed by atoms with van der Waals surface area (Å²) in [4.78, 5) is 23.1. The summed E-state index contributed by atoms with van der Waals surface area (Å²) in [5, 5.41) is 5.86. The van der Waals surface area contributed by atoms with Crippen LogP contribution in [0.1, 0.15) is 45.4 Å². The summed E-state index contributed by atoms with van der Waals surface area (Å²) in [6.07, 6.45) is 5.61. The highest BCUT2D eigenvalue weighted by molar-refractivity contribution is 5.83. The Hall–Kier alpha value is -1.06. The van der Waals surface area contributed by atoms with E-state index in [4.69, 9.17) is 0 Å². The smallest absolute Gasteiger partial charge is 0.226 e. The third-order valence-electron chi connectivity index (χ3n) is 3.86. The van der Waals surface area contributed by atoms with Gasteiger partial charge in [-0.2, -0.15) is 0 Å². The van der Waals surface area contributed by atoms with Gasteiger partial charge in [0.2, 0.25) is 11.8 Å². The quantitative estimate of drug-likeness (QED) is 0.734. The maximum atomic E-state index is 12.1. The zero-order chi connectivity index (χ0) is 11.6. The van der Waals surface area contributed by atoms with E-state index in [0.717, 1.165) is 32.1 Å². The topological polar surface area (TPSA) is 58.2 Å². The molecule has 16 heavy (non-hydrogen) atoms. The Balaban J connectivity index is 1.85. The average Bonchev–Trinajstić information content (AvgIpc) is 2.70. The van der Waals surface area contributed by atoms with Gasteiger partial charge in [0.05, 0.1) is 0 Å². The van der Waals surface area contributed by atoms with Gasteiger partial charge in [-0.1, -0.05) is 19.8 Å². The molecule has 2 N–H and O–H groups in total. The van der Waals surface area contributed by atoms with Crippen LogP contribution in [0.25, 0.3) is 0 Å². The van der Waals surface area contributed by atoms with Gasteiger partial charge in [0, 0.05) is 24.4 Å². The molecule has 1 saturated heterocycles. The largest absolute Gasteiger partial charge is 0.354 e. The number of hydrogen-bond donors (Lipinski definition) is 2. The van der Waals surface area contributed by atoms with Crippen molar-refractivity contribution in [2.24, 2.45) is 5.41 Å². The van der Waals surface area contributed by atoms with Crippen molar-refractivity contribution in [1.82, 2.24) is 10.6 Å². The van der Waals surface area contributed by atoms with Crippen molar-refractivity contribution >= 4 is 11.8 Å².